The largest absolute Gasteiger partial charge is 0.433 e. The van der Waals surface area contributed by atoms with Crippen LogP contribution >= 0.6 is 27.7 Å². The molecule has 0 saturated heterocycles. The second-order valence-electron chi connectivity index (χ2n) is 4.75. The fourth-order valence-electron chi connectivity index (χ4n) is 1.69. The van der Waals surface area contributed by atoms with Crippen LogP contribution in [0, 0.1) is 6.92 Å². The Labute approximate surface area is 147 Å². The van der Waals surface area contributed by atoms with Gasteiger partial charge in [0.25, 0.3) is 5.56 Å². The highest BCUT2D eigenvalue weighted by molar-refractivity contribution is 9.10. The van der Waals surface area contributed by atoms with Crippen LogP contribution in [-0.4, -0.2) is 21.6 Å². The van der Waals surface area contributed by atoms with Crippen molar-refractivity contribution in [2.24, 2.45) is 0 Å². The number of rotatable bonds is 4. The minimum atomic E-state index is -4.72. The number of thioether (sulfide) groups is 1. The maximum atomic E-state index is 12.6. The number of anilines is 1. The molecular formula is C14H11BrF3N3O2S. The highest BCUT2D eigenvalue weighted by atomic mass is 79.9. The molecule has 1 aromatic carbocycles. The standard InChI is InChI=1S/C14H11BrF3N3O2S/c1-7-2-3-9(8(15)4-7)19-12(23)6-24-13-20-10(14(16,17)18)5-11(22)21-13/h2-5H,6H2,1H3,(H,19,23)(H,20,21,22). The lowest BCUT2D eigenvalue weighted by Crippen LogP contribution is -2.18. The van der Waals surface area contributed by atoms with Gasteiger partial charge in [0.05, 0.1) is 11.4 Å². The summed E-state index contributed by atoms with van der Waals surface area (Å²) in [4.78, 5) is 28.6. The topological polar surface area (TPSA) is 74.8 Å². The number of alkyl halides is 3. The number of hydrogen-bond acceptors (Lipinski definition) is 4. The molecule has 0 aliphatic rings. The summed E-state index contributed by atoms with van der Waals surface area (Å²) in [5, 5.41) is 2.35. The molecule has 0 atom stereocenters. The van der Waals surface area contributed by atoms with Crippen molar-refractivity contribution < 1.29 is 18.0 Å². The maximum Gasteiger partial charge on any atom is 0.433 e. The number of carbonyl (C=O) groups excluding carboxylic acids is 1. The van der Waals surface area contributed by atoms with Crippen molar-refractivity contribution in [3.8, 4) is 0 Å². The van der Waals surface area contributed by atoms with Gasteiger partial charge in [-0.25, -0.2) is 4.98 Å². The van der Waals surface area contributed by atoms with Gasteiger partial charge in [0.15, 0.2) is 10.9 Å². The third kappa shape index (κ3) is 5.10. The molecular weight excluding hydrogens is 411 g/mol. The molecule has 5 nitrogen and oxygen atoms in total. The Kier molecular flexibility index (Phi) is 5.70. The molecule has 1 aromatic heterocycles. The molecule has 1 amide bonds. The van der Waals surface area contributed by atoms with Crippen molar-refractivity contribution >= 4 is 39.3 Å². The average Bonchev–Trinajstić information content (AvgIpc) is 2.47. The van der Waals surface area contributed by atoms with Crippen molar-refractivity contribution in [3.63, 3.8) is 0 Å². The molecule has 2 aromatic rings. The predicted octanol–water partition coefficient (Wildman–Crippen LogP) is 3.59. The van der Waals surface area contributed by atoms with Gasteiger partial charge in [-0.2, -0.15) is 13.2 Å². The fraction of sp³-hybridized carbons (Fsp3) is 0.214. The molecule has 128 valence electrons. The Balaban J connectivity index is 2.04. The van der Waals surface area contributed by atoms with Crippen LogP contribution < -0.4 is 10.9 Å². The van der Waals surface area contributed by atoms with Crippen LogP contribution in [-0.2, 0) is 11.0 Å². The summed E-state index contributed by atoms with van der Waals surface area (Å²) in [6.45, 7) is 1.89. The number of nitrogens with zero attached hydrogens (tertiary/aromatic N) is 1. The molecule has 0 spiro atoms. The molecule has 2 rings (SSSR count). The maximum absolute atomic E-state index is 12.6. The lowest BCUT2D eigenvalue weighted by Gasteiger charge is -2.09. The molecule has 0 bridgehead atoms. The van der Waals surface area contributed by atoms with Crippen molar-refractivity contribution in [3.05, 3.63) is 50.3 Å². The summed E-state index contributed by atoms with van der Waals surface area (Å²) in [6.07, 6.45) is -4.72. The Morgan fingerprint density at radius 2 is 2.08 bits per heavy atom. The van der Waals surface area contributed by atoms with Crippen molar-refractivity contribution in [2.45, 2.75) is 18.3 Å². The highest BCUT2D eigenvalue weighted by Crippen LogP contribution is 2.28. The zero-order valence-electron chi connectivity index (χ0n) is 12.2. The highest BCUT2D eigenvalue weighted by Gasteiger charge is 2.33. The smallest absolute Gasteiger partial charge is 0.324 e. The van der Waals surface area contributed by atoms with E-state index in [9.17, 15) is 22.8 Å². The van der Waals surface area contributed by atoms with Crippen LogP contribution in [0.15, 0.2) is 38.7 Å². The molecule has 0 fully saturated rings. The first-order valence-corrected chi connectivity index (χ1v) is 8.30. The number of aryl methyl sites for hydroxylation is 1. The second-order valence-corrected chi connectivity index (χ2v) is 6.57. The molecule has 0 aliphatic carbocycles. The molecule has 2 N–H and O–H groups in total. The molecule has 24 heavy (non-hydrogen) atoms. The predicted molar refractivity (Wildman–Crippen MR) is 88.1 cm³/mol. The van der Waals surface area contributed by atoms with E-state index in [0.717, 1.165) is 5.56 Å². The monoisotopic (exact) mass is 421 g/mol. The van der Waals surface area contributed by atoms with Crippen molar-refractivity contribution in [1.82, 2.24) is 9.97 Å². The van der Waals surface area contributed by atoms with E-state index in [0.29, 0.717) is 28.0 Å². The van der Waals surface area contributed by atoms with Crippen LogP contribution in [0.4, 0.5) is 18.9 Å². The van der Waals surface area contributed by atoms with Crippen LogP contribution in [0.3, 0.4) is 0 Å². The summed E-state index contributed by atoms with van der Waals surface area (Å²) in [5.41, 5.74) is -0.686. The van der Waals surface area contributed by atoms with Gasteiger partial charge in [0, 0.05) is 10.5 Å². The molecule has 0 aliphatic heterocycles. The van der Waals surface area contributed by atoms with Gasteiger partial charge >= 0.3 is 6.18 Å². The van der Waals surface area contributed by atoms with E-state index >= 15 is 0 Å². The van der Waals surface area contributed by atoms with Crippen molar-refractivity contribution in [2.75, 3.05) is 11.1 Å². The quantitative estimate of drug-likeness (QED) is 0.584. The van der Waals surface area contributed by atoms with Crippen molar-refractivity contribution in [1.29, 1.82) is 0 Å². The molecule has 0 radical (unpaired) electrons. The number of halogens is 4. The zero-order valence-corrected chi connectivity index (χ0v) is 14.6. The normalized spacial score (nSPS) is 11.4. The minimum absolute atomic E-state index is 0.204. The summed E-state index contributed by atoms with van der Waals surface area (Å²) in [7, 11) is 0. The Morgan fingerprint density at radius 3 is 2.71 bits per heavy atom. The number of carbonyl (C=O) groups is 1. The van der Waals surface area contributed by atoms with E-state index in [1.54, 1.807) is 12.1 Å². The van der Waals surface area contributed by atoms with Crippen LogP contribution in [0.25, 0.3) is 0 Å². The van der Waals surface area contributed by atoms with Crippen LogP contribution in [0.2, 0.25) is 0 Å². The van der Waals surface area contributed by atoms with Gasteiger partial charge < -0.3 is 10.3 Å². The number of hydrogen-bond donors (Lipinski definition) is 2. The summed E-state index contributed by atoms with van der Waals surface area (Å²) in [5.74, 6) is -0.644. The Bertz CT molecular complexity index is 824. The number of benzene rings is 1. The van der Waals surface area contributed by atoms with E-state index in [1.807, 2.05) is 13.0 Å². The van der Waals surface area contributed by atoms with E-state index in [1.165, 1.54) is 0 Å². The molecule has 0 saturated carbocycles. The first-order chi connectivity index (χ1) is 11.1. The summed E-state index contributed by atoms with van der Waals surface area (Å²) >= 11 is 4.01. The molecule has 1 heterocycles. The molecule has 10 heteroatoms. The Hall–Kier alpha value is -1.81. The summed E-state index contributed by atoms with van der Waals surface area (Å²) < 4.78 is 38.5. The lowest BCUT2D eigenvalue weighted by atomic mass is 10.2. The van der Waals surface area contributed by atoms with E-state index in [2.05, 4.69) is 31.2 Å². The number of nitrogens with one attached hydrogen (secondary N) is 2. The first kappa shape index (κ1) is 18.5. The minimum Gasteiger partial charge on any atom is -0.324 e. The third-order valence-corrected chi connectivity index (χ3v) is 4.28. The van der Waals surface area contributed by atoms with Gasteiger partial charge in [0.2, 0.25) is 5.91 Å². The number of aromatic nitrogens is 2. The number of H-pyrrole nitrogens is 1. The zero-order chi connectivity index (χ0) is 17.9. The molecule has 0 unspecified atom stereocenters. The van der Waals surface area contributed by atoms with E-state index < -0.39 is 23.3 Å². The van der Waals surface area contributed by atoms with Gasteiger partial charge in [0.1, 0.15) is 0 Å². The summed E-state index contributed by atoms with van der Waals surface area (Å²) in [6, 6.07) is 5.69. The van der Waals surface area contributed by atoms with E-state index in [-0.39, 0.29) is 10.9 Å². The second kappa shape index (κ2) is 7.39. The first-order valence-electron chi connectivity index (χ1n) is 6.52. The third-order valence-electron chi connectivity index (χ3n) is 2.75. The number of amides is 1. The van der Waals surface area contributed by atoms with Gasteiger partial charge in [-0.3, -0.25) is 9.59 Å². The fourth-order valence-corrected chi connectivity index (χ4v) is 2.96. The van der Waals surface area contributed by atoms with Crippen LogP contribution in [0.5, 0.6) is 0 Å². The van der Waals surface area contributed by atoms with Gasteiger partial charge in [-0.15, -0.1) is 0 Å². The average molecular weight is 422 g/mol. The lowest BCUT2D eigenvalue weighted by molar-refractivity contribution is -0.141. The SMILES string of the molecule is Cc1ccc(NC(=O)CSc2nc(C(F)(F)F)cc(=O)[nH]2)c(Br)c1. The Morgan fingerprint density at radius 1 is 1.38 bits per heavy atom. The van der Waals surface area contributed by atoms with Gasteiger partial charge in [-0.05, 0) is 40.5 Å². The van der Waals surface area contributed by atoms with Crippen LogP contribution in [0.1, 0.15) is 11.3 Å². The number of aromatic amines is 1. The van der Waals surface area contributed by atoms with E-state index in [4.69, 9.17) is 0 Å². The van der Waals surface area contributed by atoms with Gasteiger partial charge in [-0.1, -0.05) is 17.8 Å².